The Morgan fingerprint density at radius 1 is 1.05 bits per heavy atom. The maximum Gasteiger partial charge on any atom is 0.414 e. The van der Waals surface area contributed by atoms with E-state index in [-0.39, 0.29) is 29.9 Å². The maximum absolute atomic E-state index is 15.3. The molecule has 1 unspecified atom stereocenters. The van der Waals surface area contributed by atoms with E-state index >= 15 is 4.39 Å². The number of amides is 3. The number of hydrogen-bond donors (Lipinski definition) is 0. The number of carbonyl (C=O) groups is 4. The third-order valence-corrected chi connectivity index (χ3v) is 6.19. The monoisotopic (exact) mass is 541 g/mol. The standard InChI is InChI=1S/C28H32FN3O7/c1-18(33)38-20(17-32-25(34)21-7-5-6-8-22(21)26(32)35)16-31(27(36)39-28(2,3)4)19-9-10-24(23(29)15-19)30-11-13-37-14-12-30/h5-10,15,20H,11-14,16-17H2,1-4H3. The largest absolute Gasteiger partial charge is 0.459 e. The lowest BCUT2D eigenvalue weighted by molar-refractivity contribution is -0.146. The second-order valence-corrected chi connectivity index (χ2v) is 10.3. The minimum atomic E-state index is -1.11. The minimum absolute atomic E-state index is 0.165. The van der Waals surface area contributed by atoms with Gasteiger partial charge in [0.2, 0.25) is 0 Å². The van der Waals surface area contributed by atoms with Crippen LogP contribution in [0, 0.1) is 5.82 Å². The van der Waals surface area contributed by atoms with Crippen molar-refractivity contribution < 1.29 is 37.8 Å². The van der Waals surface area contributed by atoms with Crippen molar-refractivity contribution in [1.29, 1.82) is 0 Å². The normalized spacial score (nSPS) is 16.1. The zero-order chi connectivity index (χ0) is 28.3. The number of hydrogen-bond acceptors (Lipinski definition) is 8. The first kappa shape index (κ1) is 28.0. The van der Waals surface area contributed by atoms with Crippen LogP contribution in [0.2, 0.25) is 0 Å². The summed E-state index contributed by atoms with van der Waals surface area (Å²) in [6, 6.07) is 10.7. The van der Waals surface area contributed by atoms with Crippen LogP contribution in [-0.2, 0) is 19.0 Å². The van der Waals surface area contributed by atoms with Crippen molar-refractivity contribution >= 4 is 35.3 Å². The molecule has 1 fully saturated rings. The summed E-state index contributed by atoms with van der Waals surface area (Å²) in [5.74, 6) is -2.28. The van der Waals surface area contributed by atoms with Crippen LogP contribution in [-0.4, -0.2) is 79.9 Å². The van der Waals surface area contributed by atoms with E-state index in [0.717, 1.165) is 9.80 Å². The number of rotatable bonds is 7. The predicted molar refractivity (Wildman–Crippen MR) is 140 cm³/mol. The lowest BCUT2D eigenvalue weighted by atomic mass is 10.1. The smallest absolute Gasteiger partial charge is 0.414 e. The molecule has 0 radical (unpaired) electrons. The Morgan fingerprint density at radius 3 is 2.21 bits per heavy atom. The molecule has 0 bridgehead atoms. The molecule has 0 aromatic heterocycles. The van der Waals surface area contributed by atoms with Gasteiger partial charge in [0.1, 0.15) is 17.5 Å². The van der Waals surface area contributed by atoms with Gasteiger partial charge in [0.05, 0.1) is 48.8 Å². The first-order valence-corrected chi connectivity index (χ1v) is 12.7. The zero-order valence-corrected chi connectivity index (χ0v) is 22.4. The molecule has 208 valence electrons. The Bertz CT molecular complexity index is 1240. The topological polar surface area (TPSA) is 106 Å². The SMILES string of the molecule is CC(=O)OC(CN1C(=O)c2ccccc2C1=O)CN(C(=O)OC(C)(C)C)c1ccc(N2CCOCC2)c(F)c1. The average molecular weight is 542 g/mol. The number of morpholine rings is 1. The number of esters is 1. The van der Waals surface area contributed by atoms with E-state index < -0.39 is 41.4 Å². The minimum Gasteiger partial charge on any atom is -0.459 e. The molecule has 2 aromatic rings. The predicted octanol–water partition coefficient (Wildman–Crippen LogP) is 3.63. The van der Waals surface area contributed by atoms with E-state index in [1.54, 1.807) is 57.2 Å². The summed E-state index contributed by atoms with van der Waals surface area (Å²) in [4.78, 5) is 55.1. The van der Waals surface area contributed by atoms with Gasteiger partial charge < -0.3 is 19.1 Å². The first-order chi connectivity index (χ1) is 18.4. The molecule has 0 spiro atoms. The fourth-order valence-electron chi connectivity index (χ4n) is 4.51. The molecule has 4 rings (SSSR count). The number of fused-ring (bicyclic) bond motifs is 1. The summed E-state index contributed by atoms with van der Waals surface area (Å²) in [5.41, 5.74) is 0.149. The van der Waals surface area contributed by atoms with Crippen LogP contribution in [0.1, 0.15) is 48.4 Å². The number of imide groups is 1. The lowest BCUT2D eigenvalue weighted by Gasteiger charge is -2.32. The molecule has 11 heteroatoms. The van der Waals surface area contributed by atoms with Crippen LogP contribution in [0.15, 0.2) is 42.5 Å². The number of halogens is 1. The number of anilines is 2. The number of benzene rings is 2. The Kier molecular flexibility index (Phi) is 8.19. The maximum atomic E-state index is 15.3. The number of nitrogens with zero attached hydrogens (tertiary/aromatic N) is 3. The summed E-state index contributed by atoms with van der Waals surface area (Å²) in [7, 11) is 0. The van der Waals surface area contributed by atoms with Crippen molar-refractivity contribution in [3.63, 3.8) is 0 Å². The second kappa shape index (κ2) is 11.4. The molecule has 39 heavy (non-hydrogen) atoms. The van der Waals surface area contributed by atoms with Crippen LogP contribution in [0.5, 0.6) is 0 Å². The molecule has 2 aromatic carbocycles. The highest BCUT2D eigenvalue weighted by Crippen LogP contribution is 2.28. The highest BCUT2D eigenvalue weighted by atomic mass is 19.1. The van der Waals surface area contributed by atoms with Gasteiger partial charge in [-0.1, -0.05) is 12.1 Å². The van der Waals surface area contributed by atoms with Crippen LogP contribution < -0.4 is 9.80 Å². The first-order valence-electron chi connectivity index (χ1n) is 12.7. The number of ether oxygens (including phenoxy) is 3. The summed E-state index contributed by atoms with van der Waals surface area (Å²) in [6.45, 7) is 7.66. The van der Waals surface area contributed by atoms with Crippen LogP contribution in [0.3, 0.4) is 0 Å². The van der Waals surface area contributed by atoms with E-state index in [2.05, 4.69) is 0 Å². The third-order valence-electron chi connectivity index (χ3n) is 6.19. The van der Waals surface area contributed by atoms with Crippen molar-refractivity contribution in [2.45, 2.75) is 39.4 Å². The van der Waals surface area contributed by atoms with E-state index in [1.165, 1.54) is 13.0 Å². The Balaban J connectivity index is 1.62. The second-order valence-electron chi connectivity index (χ2n) is 10.3. The molecule has 2 heterocycles. The molecule has 0 saturated carbocycles. The molecule has 2 aliphatic heterocycles. The third kappa shape index (κ3) is 6.54. The Hall–Kier alpha value is -3.99. The molecule has 10 nitrogen and oxygen atoms in total. The summed E-state index contributed by atoms with van der Waals surface area (Å²) in [6.07, 6.45) is -1.92. The molecule has 1 saturated heterocycles. The van der Waals surface area contributed by atoms with Crippen molar-refractivity contribution in [1.82, 2.24) is 4.90 Å². The summed E-state index contributed by atoms with van der Waals surface area (Å²) >= 11 is 0. The van der Waals surface area contributed by atoms with Gasteiger partial charge in [0.25, 0.3) is 11.8 Å². The van der Waals surface area contributed by atoms with Gasteiger partial charge in [-0.15, -0.1) is 0 Å². The molecule has 1 atom stereocenters. The molecular formula is C28H32FN3O7. The Labute approximate surface area is 226 Å². The van der Waals surface area contributed by atoms with E-state index in [0.29, 0.717) is 32.0 Å². The van der Waals surface area contributed by atoms with Gasteiger partial charge in [-0.05, 0) is 51.1 Å². The quantitative estimate of drug-likeness (QED) is 0.387. The van der Waals surface area contributed by atoms with Gasteiger partial charge in [-0.25, -0.2) is 9.18 Å². The number of carbonyl (C=O) groups excluding carboxylic acids is 4. The van der Waals surface area contributed by atoms with Crippen molar-refractivity contribution in [3.8, 4) is 0 Å². The Morgan fingerprint density at radius 2 is 1.67 bits per heavy atom. The molecule has 0 aliphatic carbocycles. The van der Waals surface area contributed by atoms with Crippen LogP contribution in [0.4, 0.5) is 20.6 Å². The summed E-state index contributed by atoms with van der Waals surface area (Å²) < 4.78 is 31.6. The molecule has 2 aliphatic rings. The molecular weight excluding hydrogens is 509 g/mol. The van der Waals surface area contributed by atoms with Crippen molar-refractivity contribution in [2.75, 3.05) is 49.2 Å². The van der Waals surface area contributed by atoms with Gasteiger partial charge in [0, 0.05) is 20.0 Å². The highest BCUT2D eigenvalue weighted by Gasteiger charge is 2.38. The lowest BCUT2D eigenvalue weighted by Crippen LogP contribution is -2.47. The van der Waals surface area contributed by atoms with Gasteiger partial charge in [0.15, 0.2) is 0 Å². The van der Waals surface area contributed by atoms with Crippen LogP contribution in [0.25, 0.3) is 0 Å². The van der Waals surface area contributed by atoms with E-state index in [9.17, 15) is 19.2 Å². The van der Waals surface area contributed by atoms with Gasteiger partial charge in [-0.3, -0.25) is 24.2 Å². The van der Waals surface area contributed by atoms with E-state index in [1.807, 2.05) is 4.90 Å². The van der Waals surface area contributed by atoms with Gasteiger partial charge in [-0.2, -0.15) is 0 Å². The highest BCUT2D eigenvalue weighted by molar-refractivity contribution is 6.21. The summed E-state index contributed by atoms with van der Waals surface area (Å²) in [5, 5.41) is 0. The van der Waals surface area contributed by atoms with E-state index in [4.69, 9.17) is 14.2 Å². The fraction of sp³-hybridized carbons (Fsp3) is 0.429. The zero-order valence-electron chi connectivity index (χ0n) is 22.4. The van der Waals surface area contributed by atoms with Gasteiger partial charge >= 0.3 is 12.1 Å². The molecule has 3 amide bonds. The van der Waals surface area contributed by atoms with Crippen LogP contribution >= 0.6 is 0 Å². The van der Waals surface area contributed by atoms with Crippen molar-refractivity contribution in [2.24, 2.45) is 0 Å². The average Bonchev–Trinajstić information content (AvgIpc) is 3.11. The molecule has 0 N–H and O–H groups in total. The van der Waals surface area contributed by atoms with Crippen molar-refractivity contribution in [3.05, 3.63) is 59.4 Å². The fourth-order valence-corrected chi connectivity index (χ4v) is 4.51.